The van der Waals surface area contributed by atoms with E-state index >= 15 is 0 Å². The summed E-state index contributed by atoms with van der Waals surface area (Å²) in [7, 11) is 0. The molecule has 1 aliphatic rings. The second kappa shape index (κ2) is 6.01. The summed E-state index contributed by atoms with van der Waals surface area (Å²) < 4.78 is 39.2. The smallest absolute Gasteiger partial charge is 0.393 e. The van der Waals surface area contributed by atoms with Crippen LogP contribution in [0.5, 0.6) is 0 Å². The van der Waals surface area contributed by atoms with E-state index in [-0.39, 0.29) is 19.6 Å². The summed E-state index contributed by atoms with van der Waals surface area (Å²) >= 11 is 0. The molecule has 1 N–H and O–H groups in total. The third-order valence-corrected chi connectivity index (χ3v) is 4.35. The van der Waals surface area contributed by atoms with E-state index in [9.17, 15) is 18.0 Å². The minimum Gasteiger partial charge on any atom is -0.481 e. The highest BCUT2D eigenvalue weighted by Crippen LogP contribution is 2.38. The fourth-order valence-electron chi connectivity index (χ4n) is 3.08. The van der Waals surface area contributed by atoms with Crippen LogP contribution in [-0.4, -0.2) is 45.2 Å². The van der Waals surface area contributed by atoms with Crippen LogP contribution in [0.4, 0.5) is 13.2 Å². The van der Waals surface area contributed by atoms with Crippen molar-refractivity contribution in [2.75, 3.05) is 13.1 Å². The number of hydrogen-bond donors (Lipinski definition) is 1. The molecular formula is C16H16F3N3O2. The van der Waals surface area contributed by atoms with Crippen LogP contribution in [0.1, 0.15) is 11.4 Å². The summed E-state index contributed by atoms with van der Waals surface area (Å²) in [6, 6.07) is 7.25. The summed E-state index contributed by atoms with van der Waals surface area (Å²) in [6.45, 7) is 1.42. The molecule has 0 radical (unpaired) electrons. The van der Waals surface area contributed by atoms with Crippen LogP contribution in [0, 0.1) is 18.8 Å². The van der Waals surface area contributed by atoms with Gasteiger partial charge in [0.05, 0.1) is 34.3 Å². The monoisotopic (exact) mass is 339 g/mol. The molecule has 0 spiro atoms. The molecule has 128 valence electrons. The molecular weight excluding hydrogens is 323 g/mol. The zero-order chi connectivity index (χ0) is 17.5. The fourth-order valence-corrected chi connectivity index (χ4v) is 3.08. The van der Waals surface area contributed by atoms with Gasteiger partial charge in [-0.2, -0.15) is 13.2 Å². The number of carboxylic acids is 1. The zero-order valence-corrected chi connectivity index (χ0v) is 12.9. The number of carbonyl (C=O) groups is 1. The lowest BCUT2D eigenvalue weighted by molar-refractivity contribution is -0.188. The molecule has 0 aliphatic carbocycles. The quantitative estimate of drug-likeness (QED) is 0.931. The van der Waals surface area contributed by atoms with Gasteiger partial charge in [-0.3, -0.25) is 9.69 Å². The molecule has 2 atom stereocenters. The molecule has 5 nitrogen and oxygen atoms in total. The summed E-state index contributed by atoms with van der Waals surface area (Å²) in [5.74, 6) is -4.72. The van der Waals surface area contributed by atoms with Gasteiger partial charge in [-0.15, -0.1) is 0 Å². The lowest BCUT2D eigenvalue weighted by atomic mass is 9.96. The summed E-state index contributed by atoms with van der Waals surface area (Å²) in [6.07, 6.45) is -4.53. The predicted octanol–water partition coefficient (Wildman–Crippen LogP) is 2.63. The van der Waals surface area contributed by atoms with Crippen LogP contribution in [0.15, 0.2) is 24.3 Å². The average Bonchev–Trinajstić information content (AvgIpc) is 2.92. The van der Waals surface area contributed by atoms with E-state index in [4.69, 9.17) is 5.11 Å². The number of nitrogens with zero attached hydrogens (tertiary/aromatic N) is 3. The summed E-state index contributed by atoms with van der Waals surface area (Å²) in [4.78, 5) is 21.5. The van der Waals surface area contributed by atoms with Crippen LogP contribution in [0.3, 0.4) is 0 Å². The second-order valence-corrected chi connectivity index (χ2v) is 6.03. The van der Waals surface area contributed by atoms with Gasteiger partial charge in [-0.1, -0.05) is 12.1 Å². The summed E-state index contributed by atoms with van der Waals surface area (Å²) in [5.41, 5.74) is 2.59. The van der Waals surface area contributed by atoms with Crippen LogP contribution in [0.25, 0.3) is 11.0 Å². The minimum absolute atomic E-state index is 0.145. The highest BCUT2D eigenvalue weighted by molar-refractivity contribution is 5.74. The molecule has 1 aromatic carbocycles. The molecule has 24 heavy (non-hydrogen) atoms. The number of likely N-dealkylation sites (tertiary alicyclic amines) is 1. The Hall–Kier alpha value is -2.22. The predicted molar refractivity (Wildman–Crippen MR) is 80.2 cm³/mol. The number of hydrogen-bond acceptors (Lipinski definition) is 4. The number of carboxylic acid groups (broad SMARTS) is 1. The first kappa shape index (κ1) is 16.6. The van der Waals surface area contributed by atoms with Crippen LogP contribution < -0.4 is 0 Å². The number of alkyl halides is 3. The van der Waals surface area contributed by atoms with Crippen molar-refractivity contribution < 1.29 is 23.1 Å². The Labute approximate surface area is 136 Å². The Morgan fingerprint density at radius 1 is 1.25 bits per heavy atom. The maximum Gasteiger partial charge on any atom is 0.393 e. The molecule has 1 saturated heterocycles. The standard InChI is InChI=1S/C16H16F3N3O2/c1-9-14(21-13-5-3-2-4-12(13)20-9)8-22-6-10(15(23)24)11(7-22)16(17,18)19/h2-5,10-11H,6-8H2,1H3,(H,23,24)/t10-,11-/m1/s1. The number of aryl methyl sites for hydroxylation is 1. The van der Waals surface area contributed by atoms with Gasteiger partial charge in [0, 0.05) is 19.6 Å². The molecule has 1 aromatic heterocycles. The topological polar surface area (TPSA) is 66.3 Å². The number of rotatable bonds is 3. The molecule has 1 fully saturated rings. The lowest BCUT2D eigenvalue weighted by Crippen LogP contribution is -2.33. The Balaban J connectivity index is 1.84. The van der Waals surface area contributed by atoms with Crippen LogP contribution >= 0.6 is 0 Å². The average molecular weight is 339 g/mol. The van der Waals surface area contributed by atoms with Crippen molar-refractivity contribution in [1.82, 2.24) is 14.9 Å². The molecule has 0 unspecified atom stereocenters. The van der Waals surface area contributed by atoms with Gasteiger partial charge >= 0.3 is 12.1 Å². The van der Waals surface area contributed by atoms with E-state index < -0.39 is 24.0 Å². The lowest BCUT2D eigenvalue weighted by Gasteiger charge is -2.18. The largest absolute Gasteiger partial charge is 0.481 e. The van der Waals surface area contributed by atoms with Gasteiger partial charge in [0.1, 0.15) is 0 Å². The first-order valence-corrected chi connectivity index (χ1v) is 7.50. The Morgan fingerprint density at radius 2 is 1.88 bits per heavy atom. The van der Waals surface area contributed by atoms with Crippen molar-refractivity contribution in [2.24, 2.45) is 11.8 Å². The maximum atomic E-state index is 13.1. The minimum atomic E-state index is -4.53. The Morgan fingerprint density at radius 3 is 2.42 bits per heavy atom. The third-order valence-electron chi connectivity index (χ3n) is 4.35. The highest BCUT2D eigenvalue weighted by Gasteiger charge is 2.52. The second-order valence-electron chi connectivity index (χ2n) is 6.03. The maximum absolute atomic E-state index is 13.1. The number of aromatic nitrogens is 2. The Kier molecular flexibility index (Phi) is 4.16. The molecule has 0 saturated carbocycles. The molecule has 3 rings (SSSR count). The third kappa shape index (κ3) is 3.19. The molecule has 0 bridgehead atoms. The van der Waals surface area contributed by atoms with Gasteiger partial charge in [0.25, 0.3) is 0 Å². The van der Waals surface area contributed by atoms with Crippen molar-refractivity contribution in [1.29, 1.82) is 0 Å². The van der Waals surface area contributed by atoms with Crippen LogP contribution in [-0.2, 0) is 11.3 Å². The number of halogens is 3. The van der Waals surface area contributed by atoms with Gasteiger partial charge in [0.15, 0.2) is 0 Å². The number of para-hydroxylation sites is 2. The van der Waals surface area contributed by atoms with E-state index in [1.54, 1.807) is 13.0 Å². The van der Waals surface area contributed by atoms with E-state index in [0.717, 1.165) is 5.52 Å². The van der Waals surface area contributed by atoms with Crippen molar-refractivity contribution in [2.45, 2.75) is 19.6 Å². The first-order chi connectivity index (χ1) is 11.3. The van der Waals surface area contributed by atoms with Crippen LogP contribution in [0.2, 0.25) is 0 Å². The Bertz CT molecular complexity index is 779. The number of aliphatic carboxylic acids is 1. The molecule has 8 heteroatoms. The van der Waals surface area contributed by atoms with Gasteiger partial charge < -0.3 is 5.11 Å². The van der Waals surface area contributed by atoms with Crippen molar-refractivity contribution in [3.8, 4) is 0 Å². The zero-order valence-electron chi connectivity index (χ0n) is 12.9. The fraction of sp³-hybridized carbons (Fsp3) is 0.438. The number of fused-ring (bicyclic) bond motifs is 1. The van der Waals surface area contributed by atoms with E-state index in [1.807, 2.05) is 18.2 Å². The normalized spacial score (nSPS) is 22.2. The van der Waals surface area contributed by atoms with Gasteiger partial charge in [-0.05, 0) is 19.1 Å². The van der Waals surface area contributed by atoms with Gasteiger partial charge in [-0.25, -0.2) is 9.97 Å². The molecule has 0 amide bonds. The van der Waals surface area contributed by atoms with Crippen molar-refractivity contribution in [3.05, 3.63) is 35.7 Å². The highest BCUT2D eigenvalue weighted by atomic mass is 19.4. The summed E-state index contributed by atoms with van der Waals surface area (Å²) in [5, 5.41) is 9.07. The van der Waals surface area contributed by atoms with Crippen molar-refractivity contribution in [3.63, 3.8) is 0 Å². The van der Waals surface area contributed by atoms with E-state index in [1.165, 1.54) is 4.90 Å². The van der Waals surface area contributed by atoms with Crippen molar-refractivity contribution >= 4 is 17.0 Å². The van der Waals surface area contributed by atoms with E-state index in [2.05, 4.69) is 9.97 Å². The number of benzene rings is 1. The molecule has 2 heterocycles. The first-order valence-electron chi connectivity index (χ1n) is 7.50. The SMILES string of the molecule is Cc1nc2ccccc2nc1CN1C[C@@H](C(F)(F)F)[C@H](C(=O)O)C1. The van der Waals surface area contributed by atoms with Gasteiger partial charge in [0.2, 0.25) is 0 Å². The van der Waals surface area contributed by atoms with E-state index in [0.29, 0.717) is 16.9 Å². The molecule has 1 aliphatic heterocycles. The molecule has 2 aromatic rings.